The molecule has 0 unspecified atom stereocenters. The monoisotopic (exact) mass is 280 g/mol. The van der Waals surface area contributed by atoms with Crippen LogP contribution >= 0.6 is 11.6 Å². The SMILES string of the molecule is O=C(Nc1ccc(O)cc1)Nc1c(F)cccc1Cl. The van der Waals surface area contributed by atoms with Crippen LogP contribution in [0, 0.1) is 5.82 Å². The van der Waals surface area contributed by atoms with Crippen LogP contribution < -0.4 is 10.6 Å². The Hall–Kier alpha value is -2.27. The molecule has 98 valence electrons. The Kier molecular flexibility index (Phi) is 3.87. The lowest BCUT2D eigenvalue weighted by Crippen LogP contribution is -2.20. The van der Waals surface area contributed by atoms with E-state index in [9.17, 15) is 9.18 Å². The largest absolute Gasteiger partial charge is 0.508 e. The summed E-state index contributed by atoms with van der Waals surface area (Å²) in [6, 6.07) is 9.36. The average molecular weight is 281 g/mol. The van der Waals surface area contributed by atoms with Crippen molar-refractivity contribution in [3.05, 3.63) is 53.3 Å². The van der Waals surface area contributed by atoms with Crippen LogP contribution in [0.5, 0.6) is 5.75 Å². The average Bonchev–Trinajstić information content (AvgIpc) is 2.37. The maximum atomic E-state index is 13.4. The lowest BCUT2D eigenvalue weighted by molar-refractivity contribution is 0.262. The minimum absolute atomic E-state index is 0.0829. The van der Waals surface area contributed by atoms with Crippen molar-refractivity contribution in [2.45, 2.75) is 0 Å². The number of nitrogens with one attached hydrogen (secondary N) is 2. The van der Waals surface area contributed by atoms with Gasteiger partial charge in [-0.15, -0.1) is 0 Å². The fourth-order valence-electron chi connectivity index (χ4n) is 1.44. The summed E-state index contributed by atoms with van der Waals surface area (Å²) >= 11 is 5.78. The molecule has 0 atom stereocenters. The first-order valence-corrected chi connectivity index (χ1v) is 5.75. The summed E-state index contributed by atoms with van der Waals surface area (Å²) in [7, 11) is 0. The van der Waals surface area contributed by atoms with Crippen LogP contribution in [0.4, 0.5) is 20.6 Å². The normalized spacial score (nSPS) is 10.0. The molecule has 0 heterocycles. The number of hydrogen-bond acceptors (Lipinski definition) is 2. The van der Waals surface area contributed by atoms with E-state index in [2.05, 4.69) is 10.6 Å². The number of rotatable bonds is 2. The number of benzene rings is 2. The fraction of sp³-hybridized carbons (Fsp3) is 0. The summed E-state index contributed by atoms with van der Waals surface area (Å²) in [5, 5.41) is 14.0. The Labute approximate surface area is 113 Å². The minimum Gasteiger partial charge on any atom is -0.508 e. The molecule has 2 aromatic rings. The van der Waals surface area contributed by atoms with E-state index >= 15 is 0 Å². The first kappa shape index (κ1) is 13.2. The third-order valence-corrected chi connectivity index (χ3v) is 2.64. The first-order chi connectivity index (χ1) is 9.06. The molecule has 0 radical (unpaired) electrons. The van der Waals surface area contributed by atoms with Crippen molar-refractivity contribution in [2.75, 3.05) is 10.6 Å². The van der Waals surface area contributed by atoms with Crippen molar-refractivity contribution < 1.29 is 14.3 Å². The molecule has 4 nitrogen and oxygen atoms in total. The van der Waals surface area contributed by atoms with Crippen LogP contribution in [0.15, 0.2) is 42.5 Å². The van der Waals surface area contributed by atoms with Gasteiger partial charge >= 0.3 is 6.03 Å². The molecule has 0 spiro atoms. The molecule has 0 bridgehead atoms. The van der Waals surface area contributed by atoms with Gasteiger partial charge in [-0.3, -0.25) is 0 Å². The third kappa shape index (κ3) is 3.35. The van der Waals surface area contributed by atoms with E-state index in [-0.39, 0.29) is 16.5 Å². The summed E-state index contributed by atoms with van der Waals surface area (Å²) < 4.78 is 13.4. The first-order valence-electron chi connectivity index (χ1n) is 5.37. The molecular weight excluding hydrogens is 271 g/mol. The lowest BCUT2D eigenvalue weighted by Gasteiger charge is -2.09. The van der Waals surface area contributed by atoms with Gasteiger partial charge in [0.25, 0.3) is 0 Å². The van der Waals surface area contributed by atoms with E-state index in [0.717, 1.165) is 0 Å². The second-order valence-corrected chi connectivity index (χ2v) is 4.13. The van der Waals surface area contributed by atoms with Crippen LogP contribution in [0.1, 0.15) is 0 Å². The van der Waals surface area contributed by atoms with Gasteiger partial charge in [0.15, 0.2) is 0 Å². The predicted molar refractivity (Wildman–Crippen MR) is 72.2 cm³/mol. The molecule has 6 heteroatoms. The second kappa shape index (κ2) is 5.58. The fourth-order valence-corrected chi connectivity index (χ4v) is 1.65. The van der Waals surface area contributed by atoms with Crippen LogP contribution in [0.3, 0.4) is 0 Å². The number of urea groups is 1. The molecule has 0 fully saturated rings. The van der Waals surface area contributed by atoms with Crippen LogP contribution in [-0.4, -0.2) is 11.1 Å². The maximum Gasteiger partial charge on any atom is 0.323 e. The Bertz CT molecular complexity index is 582. The van der Waals surface area contributed by atoms with Crippen molar-refractivity contribution in [3.63, 3.8) is 0 Å². The number of anilines is 2. The molecule has 2 amide bonds. The molecule has 3 N–H and O–H groups in total. The number of phenolic OH excluding ortho intramolecular Hbond substituents is 1. The lowest BCUT2D eigenvalue weighted by atomic mass is 10.3. The molecule has 0 saturated carbocycles. The predicted octanol–water partition coefficient (Wildman–Crippen LogP) is 3.83. The molecule has 2 aromatic carbocycles. The van der Waals surface area contributed by atoms with Gasteiger partial charge < -0.3 is 15.7 Å². The number of aromatic hydroxyl groups is 1. The molecule has 0 saturated heterocycles. The molecule has 0 aromatic heterocycles. The summed E-state index contributed by atoms with van der Waals surface area (Å²) in [5.41, 5.74) is 0.378. The molecule has 0 aliphatic rings. The van der Waals surface area contributed by atoms with Gasteiger partial charge in [0.2, 0.25) is 0 Å². The van der Waals surface area contributed by atoms with Crippen molar-refractivity contribution in [3.8, 4) is 5.75 Å². The Morgan fingerprint density at radius 3 is 2.42 bits per heavy atom. The molecule has 19 heavy (non-hydrogen) atoms. The van der Waals surface area contributed by atoms with E-state index < -0.39 is 11.8 Å². The number of carbonyl (C=O) groups excluding carboxylic acids is 1. The Morgan fingerprint density at radius 2 is 1.79 bits per heavy atom. The van der Waals surface area contributed by atoms with Crippen LogP contribution in [0.2, 0.25) is 5.02 Å². The van der Waals surface area contributed by atoms with Gasteiger partial charge in [-0.05, 0) is 36.4 Å². The zero-order valence-electron chi connectivity index (χ0n) is 9.65. The van der Waals surface area contributed by atoms with Gasteiger partial charge in [-0.1, -0.05) is 17.7 Å². The number of halogens is 2. The van der Waals surface area contributed by atoms with Gasteiger partial charge in [0, 0.05) is 5.69 Å². The maximum absolute atomic E-state index is 13.4. The zero-order valence-corrected chi connectivity index (χ0v) is 10.4. The minimum atomic E-state index is -0.627. The van der Waals surface area contributed by atoms with Gasteiger partial charge in [0.05, 0.1) is 10.7 Å². The van der Waals surface area contributed by atoms with Crippen molar-refractivity contribution >= 4 is 29.0 Å². The summed E-state index contributed by atoms with van der Waals surface area (Å²) in [4.78, 5) is 11.7. The summed E-state index contributed by atoms with van der Waals surface area (Å²) in [6.45, 7) is 0. The van der Waals surface area contributed by atoms with Gasteiger partial charge in [-0.25, -0.2) is 9.18 Å². The molecule has 2 rings (SSSR count). The quantitative estimate of drug-likeness (QED) is 0.732. The Morgan fingerprint density at radius 1 is 1.11 bits per heavy atom. The summed E-state index contributed by atoms with van der Waals surface area (Å²) in [5.74, 6) is -0.531. The van der Waals surface area contributed by atoms with Crippen molar-refractivity contribution in [2.24, 2.45) is 0 Å². The molecule has 0 aliphatic heterocycles. The Balaban J connectivity index is 2.07. The van der Waals surface area contributed by atoms with Crippen LogP contribution in [-0.2, 0) is 0 Å². The van der Waals surface area contributed by atoms with E-state index in [1.54, 1.807) is 0 Å². The number of phenols is 1. The molecular formula is C13H10ClFN2O2. The van der Waals surface area contributed by atoms with Crippen molar-refractivity contribution in [1.29, 1.82) is 0 Å². The highest BCUT2D eigenvalue weighted by atomic mass is 35.5. The standard InChI is InChI=1S/C13H10ClFN2O2/c14-10-2-1-3-11(15)12(10)17-13(19)16-8-4-6-9(18)7-5-8/h1-7,18H,(H2,16,17,19). The second-order valence-electron chi connectivity index (χ2n) is 3.72. The smallest absolute Gasteiger partial charge is 0.323 e. The van der Waals surface area contributed by atoms with Crippen molar-refractivity contribution in [1.82, 2.24) is 0 Å². The van der Waals surface area contributed by atoms with E-state index in [1.165, 1.54) is 42.5 Å². The molecule has 0 aliphatic carbocycles. The highest BCUT2D eigenvalue weighted by Crippen LogP contribution is 2.24. The third-order valence-electron chi connectivity index (χ3n) is 2.33. The number of amides is 2. The van der Waals surface area contributed by atoms with Gasteiger partial charge in [0.1, 0.15) is 11.6 Å². The summed E-state index contributed by atoms with van der Waals surface area (Å²) in [6.07, 6.45) is 0. The van der Waals surface area contributed by atoms with Gasteiger partial charge in [-0.2, -0.15) is 0 Å². The topological polar surface area (TPSA) is 61.4 Å². The number of hydrogen-bond donors (Lipinski definition) is 3. The van der Waals surface area contributed by atoms with E-state index in [4.69, 9.17) is 16.7 Å². The number of carbonyl (C=O) groups is 1. The highest BCUT2D eigenvalue weighted by molar-refractivity contribution is 6.33. The highest BCUT2D eigenvalue weighted by Gasteiger charge is 2.10. The van der Waals surface area contributed by atoms with Crippen LogP contribution in [0.25, 0.3) is 0 Å². The number of para-hydroxylation sites is 1. The zero-order chi connectivity index (χ0) is 13.8. The van der Waals surface area contributed by atoms with E-state index in [1.807, 2.05) is 0 Å². The van der Waals surface area contributed by atoms with E-state index in [0.29, 0.717) is 5.69 Å².